The summed E-state index contributed by atoms with van der Waals surface area (Å²) in [5.74, 6) is 0. The van der Waals surface area contributed by atoms with E-state index in [0.717, 1.165) is 10.5 Å². The first-order valence-corrected chi connectivity index (χ1v) is 4.21. The van der Waals surface area contributed by atoms with E-state index in [1.807, 2.05) is 0 Å². The number of rotatable bonds is 1. The van der Waals surface area contributed by atoms with Crippen LogP contribution in [0.3, 0.4) is 0 Å². The normalized spacial score (nSPS) is 11.2. The first-order valence-electron chi connectivity index (χ1n) is 1.40. The zero-order valence-corrected chi connectivity index (χ0v) is 6.53. The fourth-order valence-electron chi connectivity index (χ4n) is 0. The molecule has 0 spiro atoms. The summed E-state index contributed by atoms with van der Waals surface area (Å²) in [5.41, 5.74) is 0. The molecule has 4 heavy (non-hydrogen) atoms. The van der Waals surface area contributed by atoms with Gasteiger partial charge in [-0.1, -0.05) is 6.55 Å². The van der Waals surface area contributed by atoms with E-state index in [0.29, 0.717) is 0 Å². The van der Waals surface area contributed by atoms with Gasteiger partial charge in [0.15, 0.2) is 0 Å². The van der Waals surface area contributed by atoms with Gasteiger partial charge in [-0.05, 0) is 0 Å². The van der Waals surface area contributed by atoms with Crippen molar-refractivity contribution in [3.05, 3.63) is 0 Å². The van der Waals surface area contributed by atoms with Crippen LogP contribution in [0.1, 0.15) is 0 Å². The Balaban J connectivity index is 1.97. The van der Waals surface area contributed by atoms with Crippen molar-refractivity contribution < 1.29 is 4.12 Å². The largest absolute Gasteiger partial charge is 0.468 e. The van der Waals surface area contributed by atoms with Crippen molar-refractivity contribution in [1.82, 2.24) is 0 Å². The van der Waals surface area contributed by atoms with Crippen LogP contribution in [-0.2, 0) is 4.12 Å². The average molecular weight is 92.2 g/mol. The molecule has 0 rings (SSSR count). The van der Waals surface area contributed by atoms with Crippen LogP contribution in [0.25, 0.3) is 0 Å². The molecule has 0 aromatic carbocycles. The van der Waals surface area contributed by atoms with Gasteiger partial charge in [0, 0.05) is 0 Å². The Morgan fingerprint density at radius 1 is 2.00 bits per heavy atom. The minimum atomic E-state index is -0.0139. The lowest BCUT2D eigenvalue weighted by molar-refractivity contribution is 0.671. The smallest absolute Gasteiger partial charge is 0.142 e. The first-order chi connectivity index (χ1) is 1.91. The minimum absolute atomic E-state index is 0.0139. The van der Waals surface area contributed by atoms with Crippen LogP contribution in [0.15, 0.2) is 0 Å². The highest BCUT2D eigenvalue weighted by atomic mass is 28.3. The van der Waals surface area contributed by atoms with Gasteiger partial charge < -0.3 is 4.12 Å². The molecule has 26 valence electrons. The summed E-state index contributed by atoms with van der Waals surface area (Å²) >= 11 is 0. The lowest BCUT2D eigenvalue weighted by Crippen LogP contribution is -1.82. The molecule has 0 N–H and O–H groups in total. The molecule has 3 heteroatoms. The predicted molar refractivity (Wildman–Crippen MR) is 25.4 cm³/mol. The van der Waals surface area contributed by atoms with Gasteiger partial charge in [0.05, 0.1) is 0 Å². The minimum Gasteiger partial charge on any atom is -0.468 e. The maximum Gasteiger partial charge on any atom is 0.142 e. The second kappa shape index (κ2) is 3.39. The van der Waals surface area contributed by atoms with E-state index in [9.17, 15) is 0 Å². The Labute approximate surface area is 31.8 Å². The van der Waals surface area contributed by atoms with Crippen molar-refractivity contribution in [2.75, 3.05) is 0 Å². The van der Waals surface area contributed by atoms with Crippen LogP contribution in [0.4, 0.5) is 0 Å². The van der Waals surface area contributed by atoms with Crippen LogP contribution >= 0.6 is 0 Å². The van der Waals surface area contributed by atoms with Crippen molar-refractivity contribution in [3.63, 3.8) is 0 Å². The summed E-state index contributed by atoms with van der Waals surface area (Å²) in [7, 11) is 0.938. The van der Waals surface area contributed by atoms with Crippen molar-refractivity contribution in [2.45, 2.75) is 6.55 Å². The third-order valence-corrected chi connectivity index (χ3v) is 2.60. The highest BCUT2D eigenvalue weighted by Gasteiger charge is 1.54. The van der Waals surface area contributed by atoms with E-state index in [1.54, 1.807) is 0 Å². The van der Waals surface area contributed by atoms with E-state index in [-0.39, 0.29) is 9.76 Å². The lowest BCUT2D eigenvalue weighted by Gasteiger charge is -1.76. The van der Waals surface area contributed by atoms with E-state index in [1.165, 1.54) is 0 Å². The maximum atomic E-state index is 4.82. The zero-order chi connectivity index (χ0) is 3.41. The molecular formula is CH8OSi2. The maximum absolute atomic E-state index is 4.82. The summed E-state index contributed by atoms with van der Waals surface area (Å²) in [4.78, 5) is 0. The SMILES string of the molecule is C[SiH2]O[SiH3]. The van der Waals surface area contributed by atoms with E-state index < -0.39 is 0 Å². The van der Waals surface area contributed by atoms with E-state index in [2.05, 4.69) is 6.55 Å². The molecule has 0 radical (unpaired) electrons. The zero-order valence-electron chi connectivity index (χ0n) is 3.12. The summed E-state index contributed by atoms with van der Waals surface area (Å²) in [6.45, 7) is 2.13. The van der Waals surface area contributed by atoms with Gasteiger partial charge in [0.2, 0.25) is 0 Å². The predicted octanol–water partition coefficient (Wildman–Crippen LogP) is -1.58. The average Bonchev–Trinajstić information content (AvgIpc) is 1.37. The number of hydrogen-bond acceptors (Lipinski definition) is 1. The molecule has 0 aliphatic heterocycles. The molecule has 0 amide bonds. The molecule has 0 bridgehead atoms. The molecule has 0 fully saturated rings. The third-order valence-electron chi connectivity index (χ3n) is 0.289. The Morgan fingerprint density at radius 2 is 2.25 bits per heavy atom. The van der Waals surface area contributed by atoms with Gasteiger partial charge >= 0.3 is 0 Å². The summed E-state index contributed by atoms with van der Waals surface area (Å²) in [5, 5.41) is 0. The van der Waals surface area contributed by atoms with Crippen LogP contribution in [0.5, 0.6) is 0 Å². The fraction of sp³-hybridized carbons (Fsp3) is 1.00. The summed E-state index contributed by atoms with van der Waals surface area (Å²) in [6.07, 6.45) is 0. The fourth-order valence-corrected chi connectivity index (χ4v) is 0. The Morgan fingerprint density at radius 3 is 2.25 bits per heavy atom. The molecule has 1 nitrogen and oxygen atoms in total. The molecule has 0 saturated carbocycles. The molecule has 0 unspecified atom stereocenters. The second-order valence-electron chi connectivity index (χ2n) is 0.577. The highest BCUT2D eigenvalue weighted by Crippen LogP contribution is 1.45. The highest BCUT2D eigenvalue weighted by molar-refractivity contribution is 6.32. The van der Waals surface area contributed by atoms with Gasteiger partial charge in [-0.25, -0.2) is 0 Å². The topological polar surface area (TPSA) is 9.23 Å². The molecule has 0 saturated heterocycles. The van der Waals surface area contributed by atoms with E-state index >= 15 is 0 Å². The first kappa shape index (κ1) is 4.39. The van der Waals surface area contributed by atoms with Gasteiger partial charge in [-0.2, -0.15) is 0 Å². The van der Waals surface area contributed by atoms with Crippen molar-refractivity contribution in [1.29, 1.82) is 0 Å². The van der Waals surface area contributed by atoms with Crippen molar-refractivity contribution in [2.24, 2.45) is 0 Å². The summed E-state index contributed by atoms with van der Waals surface area (Å²) < 4.78 is 4.82. The standard InChI is InChI=1S/CH8OSi2/c1-4-2-3/h4H2,1,3H3. The molecule has 0 aliphatic rings. The monoisotopic (exact) mass is 92.0 g/mol. The molecule has 0 aromatic rings. The molecular weight excluding hydrogens is 84.2 g/mol. The molecule has 0 heterocycles. The Kier molecular flexibility index (Phi) is 3.73. The quantitative estimate of drug-likeness (QED) is 0.355. The van der Waals surface area contributed by atoms with Crippen LogP contribution < -0.4 is 0 Å². The van der Waals surface area contributed by atoms with Gasteiger partial charge in [0.1, 0.15) is 20.2 Å². The van der Waals surface area contributed by atoms with Crippen LogP contribution in [0, 0.1) is 0 Å². The molecule has 0 aromatic heterocycles. The van der Waals surface area contributed by atoms with Crippen molar-refractivity contribution >= 4 is 20.2 Å². The second-order valence-corrected chi connectivity index (χ2v) is 3.46. The van der Waals surface area contributed by atoms with Crippen LogP contribution in [0.2, 0.25) is 6.55 Å². The van der Waals surface area contributed by atoms with E-state index in [4.69, 9.17) is 4.12 Å². The number of hydrogen-bond donors (Lipinski definition) is 0. The Bertz CT molecular complexity index is 8.00. The third kappa shape index (κ3) is 2.39. The molecule has 0 atom stereocenters. The van der Waals surface area contributed by atoms with Gasteiger partial charge in [-0.15, -0.1) is 0 Å². The van der Waals surface area contributed by atoms with Crippen molar-refractivity contribution in [3.8, 4) is 0 Å². The van der Waals surface area contributed by atoms with Gasteiger partial charge in [0.25, 0.3) is 0 Å². The summed E-state index contributed by atoms with van der Waals surface area (Å²) in [6, 6.07) is 0. The van der Waals surface area contributed by atoms with Gasteiger partial charge in [-0.3, -0.25) is 0 Å². The lowest BCUT2D eigenvalue weighted by atomic mass is 11.9. The Hall–Kier alpha value is 0.394. The van der Waals surface area contributed by atoms with Crippen LogP contribution in [-0.4, -0.2) is 20.2 Å². The molecule has 0 aliphatic carbocycles.